The fourth-order valence-corrected chi connectivity index (χ4v) is 3.99. The fraction of sp³-hybridized carbons (Fsp3) is 0.588. The van der Waals surface area contributed by atoms with E-state index in [4.69, 9.17) is 14.6 Å². The van der Waals surface area contributed by atoms with Crippen LogP contribution in [0.4, 0.5) is 0 Å². The van der Waals surface area contributed by atoms with Crippen LogP contribution in [-0.2, 0) is 14.3 Å². The van der Waals surface area contributed by atoms with Gasteiger partial charge in [-0.15, -0.1) is 0 Å². The second-order valence-corrected chi connectivity index (χ2v) is 6.55. The van der Waals surface area contributed by atoms with Gasteiger partial charge in [0, 0.05) is 19.9 Å². The van der Waals surface area contributed by atoms with Crippen LogP contribution in [0.5, 0.6) is 0 Å². The van der Waals surface area contributed by atoms with Crippen LogP contribution in [0.2, 0.25) is 0 Å². The molecule has 2 heterocycles. The number of methoxy groups -OCH3 is 1. The van der Waals surface area contributed by atoms with E-state index in [1.54, 1.807) is 18.1 Å². The minimum Gasteiger partial charge on any atom is -0.480 e. The smallest absolute Gasteiger partial charge is 0.329 e. The molecule has 3 rings (SSSR count). The number of nitrogens with zero attached hydrogens (tertiary/aromatic N) is 1. The highest BCUT2D eigenvalue weighted by atomic mass is 16.5. The van der Waals surface area contributed by atoms with Crippen LogP contribution in [0.3, 0.4) is 0 Å². The lowest BCUT2D eigenvalue weighted by Crippen LogP contribution is -2.53. The van der Waals surface area contributed by atoms with Gasteiger partial charge in [-0.1, -0.05) is 0 Å². The maximum absolute atomic E-state index is 12.9. The Morgan fingerprint density at radius 3 is 2.92 bits per heavy atom. The van der Waals surface area contributed by atoms with Crippen molar-refractivity contribution in [2.24, 2.45) is 0 Å². The number of aromatic nitrogens is 1. The maximum Gasteiger partial charge on any atom is 0.329 e. The number of carboxylic acid groups (broad SMARTS) is 1. The number of H-pyrrole nitrogens is 1. The van der Waals surface area contributed by atoms with Crippen LogP contribution in [0.25, 0.3) is 0 Å². The Labute approximate surface area is 144 Å². The Bertz CT molecular complexity index is 717. The maximum atomic E-state index is 12.9. The van der Waals surface area contributed by atoms with Gasteiger partial charge in [0.05, 0.1) is 17.7 Å². The summed E-state index contributed by atoms with van der Waals surface area (Å²) in [5, 5.41) is 8.80. The molecule has 0 spiro atoms. The van der Waals surface area contributed by atoms with Gasteiger partial charge >= 0.3 is 5.97 Å². The van der Waals surface area contributed by atoms with Crippen molar-refractivity contribution in [3.63, 3.8) is 0 Å². The Balaban J connectivity index is 1.81. The van der Waals surface area contributed by atoms with Gasteiger partial charge in [-0.25, -0.2) is 4.79 Å². The Kier molecular flexibility index (Phi) is 4.91. The van der Waals surface area contributed by atoms with E-state index in [1.807, 2.05) is 0 Å². The molecule has 8 nitrogen and oxygen atoms in total. The van der Waals surface area contributed by atoms with Gasteiger partial charge in [-0.05, 0) is 37.8 Å². The number of carbonyl (C=O) groups excluding carboxylic acids is 1. The quantitative estimate of drug-likeness (QED) is 0.806. The van der Waals surface area contributed by atoms with E-state index < -0.39 is 17.1 Å². The van der Waals surface area contributed by atoms with Crippen LogP contribution in [-0.4, -0.2) is 64.9 Å². The van der Waals surface area contributed by atoms with E-state index in [9.17, 15) is 14.4 Å². The number of likely N-dealkylation sites (tertiary alicyclic amines) is 1. The molecule has 136 valence electrons. The SMILES string of the molecule is CO[C@@]12CC[C@@H](OCC(=O)O)C[C@@H]1N(C(=O)c1ccc[nH]c1=O)CC2. The largest absolute Gasteiger partial charge is 0.480 e. The molecule has 1 aromatic rings. The molecule has 0 bridgehead atoms. The third-order valence-electron chi connectivity index (χ3n) is 5.29. The van der Waals surface area contributed by atoms with Gasteiger partial charge in [0.25, 0.3) is 11.5 Å². The highest BCUT2D eigenvalue weighted by Crippen LogP contribution is 2.43. The normalized spacial score (nSPS) is 28.6. The number of carboxylic acids is 1. The summed E-state index contributed by atoms with van der Waals surface area (Å²) < 4.78 is 11.2. The zero-order chi connectivity index (χ0) is 18.0. The van der Waals surface area contributed by atoms with Crippen LogP contribution < -0.4 is 5.56 Å². The average Bonchev–Trinajstić information content (AvgIpc) is 2.99. The lowest BCUT2D eigenvalue weighted by Gasteiger charge is -2.43. The summed E-state index contributed by atoms with van der Waals surface area (Å²) in [4.78, 5) is 39.7. The second kappa shape index (κ2) is 6.97. The fourth-order valence-electron chi connectivity index (χ4n) is 3.99. The molecule has 1 aromatic heterocycles. The molecule has 0 aromatic carbocycles. The second-order valence-electron chi connectivity index (χ2n) is 6.55. The number of fused-ring (bicyclic) bond motifs is 1. The van der Waals surface area contributed by atoms with Crippen molar-refractivity contribution in [3.05, 3.63) is 34.2 Å². The molecular formula is C17H22N2O6. The number of hydrogen-bond acceptors (Lipinski definition) is 5. The molecular weight excluding hydrogens is 328 g/mol. The summed E-state index contributed by atoms with van der Waals surface area (Å²) in [6.07, 6.45) is 3.80. The predicted molar refractivity (Wildman–Crippen MR) is 87.5 cm³/mol. The van der Waals surface area contributed by atoms with Crippen LogP contribution >= 0.6 is 0 Å². The number of aliphatic carboxylic acids is 1. The van der Waals surface area contributed by atoms with E-state index in [2.05, 4.69) is 4.98 Å². The number of hydrogen-bond donors (Lipinski definition) is 2. The lowest BCUT2D eigenvalue weighted by molar-refractivity contribution is -0.148. The van der Waals surface area contributed by atoms with Crippen molar-refractivity contribution < 1.29 is 24.2 Å². The number of aromatic amines is 1. The van der Waals surface area contributed by atoms with Crippen molar-refractivity contribution in [3.8, 4) is 0 Å². The first-order valence-electron chi connectivity index (χ1n) is 8.34. The first-order chi connectivity index (χ1) is 12.0. The molecule has 1 saturated heterocycles. The Morgan fingerprint density at radius 2 is 2.24 bits per heavy atom. The number of ether oxygens (including phenoxy) is 2. The highest BCUT2D eigenvalue weighted by molar-refractivity contribution is 5.94. The van der Waals surface area contributed by atoms with Gasteiger partial charge < -0.3 is 24.5 Å². The summed E-state index contributed by atoms with van der Waals surface area (Å²) in [7, 11) is 1.63. The van der Waals surface area contributed by atoms with Gasteiger partial charge in [0.1, 0.15) is 12.2 Å². The molecule has 1 aliphatic carbocycles. The Hall–Kier alpha value is -2.19. The van der Waals surface area contributed by atoms with Gasteiger partial charge in [0.2, 0.25) is 0 Å². The van der Waals surface area contributed by atoms with E-state index in [0.717, 1.165) is 0 Å². The molecule has 8 heteroatoms. The molecule has 1 aliphatic heterocycles. The summed E-state index contributed by atoms with van der Waals surface area (Å²) in [5.74, 6) is -1.34. The van der Waals surface area contributed by atoms with E-state index in [-0.39, 0.29) is 30.2 Å². The molecule has 2 N–H and O–H groups in total. The van der Waals surface area contributed by atoms with E-state index >= 15 is 0 Å². The summed E-state index contributed by atoms with van der Waals surface area (Å²) in [5.41, 5.74) is -0.778. The Morgan fingerprint density at radius 1 is 1.44 bits per heavy atom. The zero-order valence-electron chi connectivity index (χ0n) is 14.1. The highest BCUT2D eigenvalue weighted by Gasteiger charge is 2.53. The number of amides is 1. The molecule has 1 amide bonds. The van der Waals surface area contributed by atoms with Crippen LogP contribution in [0, 0.1) is 0 Å². The molecule has 2 fully saturated rings. The topological polar surface area (TPSA) is 109 Å². The molecule has 2 aliphatic rings. The number of pyridine rings is 1. The van der Waals surface area contributed by atoms with Crippen molar-refractivity contribution in [2.45, 2.75) is 43.4 Å². The summed E-state index contributed by atoms with van der Waals surface area (Å²) in [6, 6.07) is 2.89. The van der Waals surface area contributed by atoms with Gasteiger partial charge in [-0.2, -0.15) is 0 Å². The lowest BCUT2D eigenvalue weighted by atomic mass is 9.79. The average molecular weight is 350 g/mol. The van der Waals surface area contributed by atoms with Crippen molar-refractivity contribution in [1.29, 1.82) is 0 Å². The molecule has 0 unspecified atom stereocenters. The van der Waals surface area contributed by atoms with Crippen LogP contribution in [0.1, 0.15) is 36.0 Å². The summed E-state index contributed by atoms with van der Waals surface area (Å²) >= 11 is 0. The molecule has 1 saturated carbocycles. The van der Waals surface area contributed by atoms with Crippen molar-refractivity contribution >= 4 is 11.9 Å². The minimum atomic E-state index is -1.02. The molecule has 25 heavy (non-hydrogen) atoms. The monoisotopic (exact) mass is 350 g/mol. The number of carbonyl (C=O) groups is 2. The molecule has 0 radical (unpaired) electrons. The first-order valence-corrected chi connectivity index (χ1v) is 8.34. The number of nitrogens with one attached hydrogen (secondary N) is 1. The van der Waals surface area contributed by atoms with Crippen molar-refractivity contribution in [2.75, 3.05) is 20.3 Å². The van der Waals surface area contributed by atoms with Crippen molar-refractivity contribution in [1.82, 2.24) is 9.88 Å². The molecule has 3 atom stereocenters. The van der Waals surface area contributed by atoms with E-state index in [0.29, 0.717) is 32.2 Å². The third-order valence-corrected chi connectivity index (χ3v) is 5.29. The minimum absolute atomic E-state index is 0.1000. The first kappa shape index (κ1) is 17.6. The summed E-state index contributed by atoms with van der Waals surface area (Å²) in [6.45, 7) is 0.140. The van der Waals surface area contributed by atoms with Gasteiger partial charge in [0.15, 0.2) is 0 Å². The number of rotatable bonds is 5. The third kappa shape index (κ3) is 3.32. The zero-order valence-corrected chi connectivity index (χ0v) is 14.1. The van der Waals surface area contributed by atoms with Crippen LogP contribution in [0.15, 0.2) is 23.1 Å². The predicted octanol–water partition coefficient (Wildman–Crippen LogP) is 0.628. The van der Waals surface area contributed by atoms with E-state index in [1.165, 1.54) is 12.3 Å². The standard InChI is InChI=1S/C17H22N2O6/c1-24-17-5-4-11(25-10-14(20)21)9-13(17)19(8-6-17)16(23)12-3-2-7-18-15(12)22/h2-3,7,11,13H,4-6,8-10H2,1H3,(H,18,22)(H,20,21)/t11-,13+,17-/m1/s1. The van der Waals surface area contributed by atoms with Gasteiger partial charge in [-0.3, -0.25) is 9.59 Å².